The maximum absolute atomic E-state index is 5.83. The summed E-state index contributed by atoms with van der Waals surface area (Å²) in [4.78, 5) is 6.98. The van der Waals surface area contributed by atoms with Crippen LogP contribution in [0, 0.1) is 6.92 Å². The van der Waals surface area contributed by atoms with E-state index in [0.717, 1.165) is 35.6 Å². The summed E-state index contributed by atoms with van der Waals surface area (Å²) in [7, 11) is 0. The van der Waals surface area contributed by atoms with Crippen LogP contribution in [0.15, 0.2) is 58.4 Å². The molecule has 0 bridgehead atoms. The Morgan fingerprint density at radius 2 is 1.86 bits per heavy atom. The zero-order valence-electron chi connectivity index (χ0n) is 16.3. The van der Waals surface area contributed by atoms with Gasteiger partial charge in [0.05, 0.1) is 5.69 Å². The molecule has 0 saturated carbocycles. The summed E-state index contributed by atoms with van der Waals surface area (Å²) in [5, 5.41) is 8.92. The molecule has 0 N–H and O–H groups in total. The summed E-state index contributed by atoms with van der Waals surface area (Å²) in [5.74, 6) is 1.23. The molecule has 144 valence electrons. The van der Waals surface area contributed by atoms with Gasteiger partial charge >= 0.3 is 0 Å². The van der Waals surface area contributed by atoms with Crippen molar-refractivity contribution in [2.24, 2.45) is 0 Å². The number of thioether (sulfide) groups is 1. The molecule has 0 fully saturated rings. The van der Waals surface area contributed by atoms with Gasteiger partial charge in [0.1, 0.15) is 5.65 Å². The van der Waals surface area contributed by atoms with E-state index in [9.17, 15) is 0 Å². The second-order valence-electron chi connectivity index (χ2n) is 6.54. The third kappa shape index (κ3) is 3.75. The Labute approximate surface area is 168 Å². The number of aryl methyl sites for hydroxylation is 1. The van der Waals surface area contributed by atoms with Crippen molar-refractivity contribution in [1.82, 2.24) is 19.6 Å². The highest BCUT2D eigenvalue weighted by molar-refractivity contribution is 7.98. The largest absolute Gasteiger partial charge is 0.411 e. The molecule has 0 aliphatic rings. The van der Waals surface area contributed by atoms with Gasteiger partial charge in [-0.25, -0.2) is 4.98 Å². The van der Waals surface area contributed by atoms with Gasteiger partial charge in [-0.05, 0) is 56.7 Å². The van der Waals surface area contributed by atoms with E-state index in [1.807, 2.05) is 35.0 Å². The van der Waals surface area contributed by atoms with Crippen LogP contribution in [0.4, 0.5) is 5.69 Å². The molecule has 1 aromatic carbocycles. The average molecular weight is 394 g/mol. The summed E-state index contributed by atoms with van der Waals surface area (Å²) in [6, 6.07) is 12.3. The van der Waals surface area contributed by atoms with Crippen LogP contribution in [0.2, 0.25) is 0 Å². The monoisotopic (exact) mass is 393 g/mol. The second kappa shape index (κ2) is 8.06. The molecule has 0 radical (unpaired) electrons. The van der Waals surface area contributed by atoms with Crippen LogP contribution in [-0.2, 0) is 5.75 Å². The molecule has 0 aliphatic carbocycles. The lowest BCUT2D eigenvalue weighted by Gasteiger charge is -2.20. The van der Waals surface area contributed by atoms with Gasteiger partial charge < -0.3 is 13.7 Å². The summed E-state index contributed by atoms with van der Waals surface area (Å²) >= 11 is 1.50. The molecule has 3 aromatic heterocycles. The highest BCUT2D eigenvalue weighted by Gasteiger charge is 2.12. The number of nitrogens with zero attached hydrogens (tertiary/aromatic N) is 5. The molecule has 0 aliphatic heterocycles. The molecule has 0 spiro atoms. The minimum atomic E-state index is 0.541. The average Bonchev–Trinajstić information content (AvgIpc) is 3.35. The first-order chi connectivity index (χ1) is 13.7. The highest BCUT2D eigenvalue weighted by Crippen LogP contribution is 2.27. The minimum Gasteiger partial charge on any atom is -0.411 e. The van der Waals surface area contributed by atoms with Gasteiger partial charge in [-0.3, -0.25) is 0 Å². The Kier molecular flexibility index (Phi) is 5.34. The smallest absolute Gasteiger partial charge is 0.277 e. The van der Waals surface area contributed by atoms with Gasteiger partial charge in [-0.2, -0.15) is 0 Å². The Bertz CT molecular complexity index is 1070. The zero-order valence-corrected chi connectivity index (χ0v) is 17.1. The predicted molar refractivity (Wildman–Crippen MR) is 113 cm³/mol. The van der Waals surface area contributed by atoms with Crippen LogP contribution < -0.4 is 4.90 Å². The van der Waals surface area contributed by atoms with Crippen molar-refractivity contribution in [1.29, 1.82) is 0 Å². The van der Waals surface area contributed by atoms with Gasteiger partial charge in [0.15, 0.2) is 0 Å². The maximum Gasteiger partial charge on any atom is 0.277 e. The fraction of sp³-hybridized carbons (Fsp3) is 0.286. The van der Waals surface area contributed by atoms with Crippen LogP contribution >= 0.6 is 11.8 Å². The molecule has 3 heterocycles. The number of benzene rings is 1. The van der Waals surface area contributed by atoms with Crippen LogP contribution in [0.1, 0.15) is 25.1 Å². The fourth-order valence-electron chi connectivity index (χ4n) is 3.20. The van der Waals surface area contributed by atoms with Gasteiger partial charge in [0.25, 0.3) is 5.22 Å². The number of aromatic nitrogens is 4. The van der Waals surface area contributed by atoms with Gasteiger partial charge in [-0.1, -0.05) is 17.8 Å². The molecule has 0 amide bonds. The van der Waals surface area contributed by atoms with Crippen molar-refractivity contribution in [3.05, 3.63) is 60.0 Å². The molecule has 0 atom stereocenters. The number of fused-ring (bicyclic) bond motifs is 1. The number of hydrogen-bond donors (Lipinski definition) is 0. The number of anilines is 1. The normalized spacial score (nSPS) is 11.2. The second-order valence-corrected chi connectivity index (χ2v) is 7.46. The summed E-state index contributed by atoms with van der Waals surface area (Å²) in [6.45, 7) is 8.35. The van der Waals surface area contributed by atoms with E-state index in [1.54, 1.807) is 0 Å². The number of hydrogen-bond acceptors (Lipinski definition) is 6. The minimum absolute atomic E-state index is 0.541. The fourth-order valence-corrected chi connectivity index (χ4v) is 3.84. The first-order valence-corrected chi connectivity index (χ1v) is 10.4. The van der Waals surface area contributed by atoms with E-state index in [-0.39, 0.29) is 0 Å². The Hall–Kier alpha value is -2.80. The molecule has 7 heteroatoms. The zero-order chi connectivity index (χ0) is 19.5. The summed E-state index contributed by atoms with van der Waals surface area (Å²) < 4.78 is 7.88. The number of imidazole rings is 1. The van der Waals surface area contributed by atoms with Crippen molar-refractivity contribution < 1.29 is 4.42 Å². The van der Waals surface area contributed by atoms with Crippen molar-refractivity contribution in [3.63, 3.8) is 0 Å². The quantitative estimate of drug-likeness (QED) is 0.419. The third-order valence-electron chi connectivity index (χ3n) is 4.72. The van der Waals surface area contributed by atoms with E-state index in [4.69, 9.17) is 4.42 Å². The molecular formula is C21H23N5OS. The van der Waals surface area contributed by atoms with Crippen LogP contribution in [0.5, 0.6) is 0 Å². The van der Waals surface area contributed by atoms with Gasteiger partial charge in [-0.15, -0.1) is 10.2 Å². The maximum atomic E-state index is 5.83. The molecule has 0 saturated heterocycles. The molecule has 4 rings (SSSR count). The van der Waals surface area contributed by atoms with Crippen LogP contribution in [0.3, 0.4) is 0 Å². The van der Waals surface area contributed by atoms with E-state index in [0.29, 0.717) is 16.9 Å². The van der Waals surface area contributed by atoms with E-state index in [2.05, 4.69) is 59.1 Å². The first-order valence-electron chi connectivity index (χ1n) is 9.42. The molecule has 6 nitrogen and oxygen atoms in total. The Morgan fingerprint density at radius 3 is 2.57 bits per heavy atom. The van der Waals surface area contributed by atoms with E-state index < -0.39 is 0 Å². The van der Waals surface area contributed by atoms with E-state index in [1.165, 1.54) is 17.4 Å². The van der Waals surface area contributed by atoms with E-state index >= 15 is 0 Å². The topological polar surface area (TPSA) is 59.5 Å². The first kappa shape index (κ1) is 18.6. The highest BCUT2D eigenvalue weighted by atomic mass is 32.2. The molecular weight excluding hydrogens is 370 g/mol. The molecule has 4 aromatic rings. The van der Waals surface area contributed by atoms with Crippen molar-refractivity contribution in [3.8, 4) is 11.5 Å². The van der Waals surface area contributed by atoms with Crippen molar-refractivity contribution in [2.45, 2.75) is 31.7 Å². The molecule has 0 unspecified atom stereocenters. The third-order valence-corrected chi connectivity index (χ3v) is 5.57. The SMILES string of the molecule is CCN(CC)c1ccc(-c2nnc(SCc3cn4cccc(C)c4n3)o2)cc1. The number of rotatable bonds is 7. The predicted octanol–water partition coefficient (Wildman–Crippen LogP) is 4.83. The van der Waals surface area contributed by atoms with Crippen LogP contribution in [-0.4, -0.2) is 32.7 Å². The Balaban J connectivity index is 1.44. The lowest BCUT2D eigenvalue weighted by atomic mass is 10.2. The lowest BCUT2D eigenvalue weighted by molar-refractivity contribution is 0.466. The Morgan fingerprint density at radius 1 is 1.07 bits per heavy atom. The van der Waals surface area contributed by atoms with Crippen molar-refractivity contribution >= 4 is 23.1 Å². The summed E-state index contributed by atoms with van der Waals surface area (Å²) in [6.07, 6.45) is 4.05. The number of pyridine rings is 1. The van der Waals surface area contributed by atoms with Crippen LogP contribution in [0.25, 0.3) is 17.1 Å². The van der Waals surface area contributed by atoms with Gasteiger partial charge in [0.2, 0.25) is 5.89 Å². The van der Waals surface area contributed by atoms with Crippen molar-refractivity contribution in [2.75, 3.05) is 18.0 Å². The van der Waals surface area contributed by atoms with Gasteiger partial charge in [0, 0.05) is 42.5 Å². The summed E-state index contributed by atoms with van der Waals surface area (Å²) in [5.41, 5.74) is 5.26. The standard InChI is InChI=1S/C21H23N5OS/c1-4-25(5-2)18-10-8-16(9-11-18)20-23-24-21(27-20)28-14-17-13-26-12-6-7-15(3)19(26)22-17/h6-13H,4-5,14H2,1-3H3. The molecule has 28 heavy (non-hydrogen) atoms. The lowest BCUT2D eigenvalue weighted by Crippen LogP contribution is -2.21.